The van der Waals surface area contributed by atoms with Crippen LogP contribution in [-0.2, 0) is 4.74 Å². The Kier molecular flexibility index (Phi) is 5.22. The highest BCUT2D eigenvalue weighted by atomic mass is 16.5. The van der Waals surface area contributed by atoms with E-state index in [1.165, 1.54) is 12.8 Å². The summed E-state index contributed by atoms with van der Waals surface area (Å²) in [6.07, 6.45) is 3.69. The van der Waals surface area contributed by atoms with Crippen LogP contribution < -0.4 is 5.73 Å². The Morgan fingerprint density at radius 3 is 2.22 bits per heavy atom. The molecule has 0 aliphatic heterocycles. The first-order valence-electron chi connectivity index (χ1n) is 7.43. The minimum atomic E-state index is -0.107. The second-order valence-corrected chi connectivity index (χ2v) is 6.41. The van der Waals surface area contributed by atoms with Gasteiger partial charge >= 0.3 is 0 Å². The van der Waals surface area contributed by atoms with Crippen molar-refractivity contribution in [3.05, 3.63) is 0 Å². The molecule has 0 aromatic rings. The zero-order valence-electron chi connectivity index (χ0n) is 13.1. The number of ether oxygens (including phenoxy) is 1. The van der Waals surface area contributed by atoms with E-state index in [1.54, 1.807) is 0 Å². The van der Waals surface area contributed by atoms with Gasteiger partial charge in [0.25, 0.3) is 0 Å². The van der Waals surface area contributed by atoms with Gasteiger partial charge in [0, 0.05) is 30.1 Å². The van der Waals surface area contributed by atoms with Crippen molar-refractivity contribution >= 4 is 0 Å². The van der Waals surface area contributed by atoms with Crippen molar-refractivity contribution in [2.24, 2.45) is 11.1 Å². The molecule has 1 aliphatic carbocycles. The molecular formula is C15H32N2O. The molecular weight excluding hydrogens is 224 g/mol. The average Bonchev–Trinajstić information content (AvgIpc) is 2.30. The minimum Gasteiger partial charge on any atom is -0.378 e. The zero-order valence-corrected chi connectivity index (χ0v) is 13.1. The van der Waals surface area contributed by atoms with Crippen molar-refractivity contribution < 1.29 is 4.74 Å². The van der Waals surface area contributed by atoms with Gasteiger partial charge in [-0.25, -0.2) is 0 Å². The number of likely N-dealkylation sites (N-methyl/N-ethyl adjacent to an activating group) is 1. The van der Waals surface area contributed by atoms with E-state index in [-0.39, 0.29) is 11.0 Å². The normalized spacial score (nSPS) is 30.8. The molecule has 3 heteroatoms. The zero-order chi connectivity index (χ0) is 14.0. The van der Waals surface area contributed by atoms with Crippen molar-refractivity contribution in [1.29, 1.82) is 0 Å². The van der Waals surface area contributed by atoms with Gasteiger partial charge in [0.05, 0.1) is 6.10 Å². The third-order valence-electron chi connectivity index (χ3n) is 5.10. The maximum Gasteiger partial charge on any atom is 0.0662 e. The fourth-order valence-electron chi connectivity index (χ4n) is 3.26. The molecule has 0 bridgehead atoms. The van der Waals surface area contributed by atoms with E-state index < -0.39 is 0 Å². The molecule has 1 saturated carbocycles. The summed E-state index contributed by atoms with van der Waals surface area (Å²) < 4.78 is 5.78. The topological polar surface area (TPSA) is 38.5 Å². The van der Waals surface area contributed by atoms with Crippen molar-refractivity contribution in [2.75, 3.05) is 20.2 Å². The van der Waals surface area contributed by atoms with Crippen molar-refractivity contribution in [1.82, 2.24) is 4.90 Å². The van der Waals surface area contributed by atoms with Gasteiger partial charge in [0.2, 0.25) is 0 Å². The van der Waals surface area contributed by atoms with Crippen LogP contribution in [-0.4, -0.2) is 42.8 Å². The van der Waals surface area contributed by atoms with Crippen LogP contribution in [0.25, 0.3) is 0 Å². The lowest BCUT2D eigenvalue weighted by molar-refractivity contribution is -0.157. The largest absolute Gasteiger partial charge is 0.378 e. The van der Waals surface area contributed by atoms with E-state index >= 15 is 0 Å². The Bertz CT molecular complexity index is 263. The number of hydrogen-bond donors (Lipinski definition) is 1. The van der Waals surface area contributed by atoms with E-state index in [1.807, 2.05) is 0 Å². The Morgan fingerprint density at radius 2 is 1.83 bits per heavy atom. The second-order valence-electron chi connectivity index (χ2n) is 6.41. The molecule has 0 aromatic heterocycles. The smallest absolute Gasteiger partial charge is 0.0662 e. The lowest BCUT2D eigenvalue weighted by atomic mass is 9.54. The van der Waals surface area contributed by atoms with Crippen LogP contribution in [0.4, 0.5) is 0 Å². The van der Waals surface area contributed by atoms with Crippen molar-refractivity contribution in [3.63, 3.8) is 0 Å². The van der Waals surface area contributed by atoms with Crippen LogP contribution in [0.5, 0.6) is 0 Å². The van der Waals surface area contributed by atoms with Crippen LogP contribution in [0.15, 0.2) is 0 Å². The first kappa shape index (κ1) is 15.9. The van der Waals surface area contributed by atoms with Crippen LogP contribution in [0, 0.1) is 5.41 Å². The number of rotatable bonds is 7. The summed E-state index contributed by atoms with van der Waals surface area (Å²) in [5.74, 6) is 0. The van der Waals surface area contributed by atoms with Gasteiger partial charge in [0.15, 0.2) is 0 Å². The predicted molar refractivity (Wildman–Crippen MR) is 77.7 cm³/mol. The number of hydrogen-bond acceptors (Lipinski definition) is 3. The van der Waals surface area contributed by atoms with Gasteiger partial charge in [-0.2, -0.15) is 0 Å². The Morgan fingerprint density at radius 1 is 1.28 bits per heavy atom. The Hall–Kier alpha value is -0.120. The van der Waals surface area contributed by atoms with Gasteiger partial charge in [0.1, 0.15) is 0 Å². The summed E-state index contributed by atoms with van der Waals surface area (Å²) in [6.45, 7) is 12.8. The third kappa shape index (κ3) is 2.73. The van der Waals surface area contributed by atoms with E-state index in [9.17, 15) is 0 Å². The lowest BCUT2D eigenvalue weighted by Gasteiger charge is -2.60. The highest BCUT2D eigenvalue weighted by Gasteiger charge is 2.58. The van der Waals surface area contributed by atoms with E-state index in [2.05, 4.69) is 46.6 Å². The van der Waals surface area contributed by atoms with Gasteiger partial charge in [-0.15, -0.1) is 0 Å². The summed E-state index contributed by atoms with van der Waals surface area (Å²) in [4.78, 5) is 2.43. The van der Waals surface area contributed by atoms with Crippen LogP contribution in [0.2, 0.25) is 0 Å². The van der Waals surface area contributed by atoms with Crippen molar-refractivity contribution in [3.8, 4) is 0 Å². The number of nitrogens with zero attached hydrogens (tertiary/aromatic N) is 1. The third-order valence-corrected chi connectivity index (χ3v) is 5.10. The molecule has 0 saturated heterocycles. The fourth-order valence-corrected chi connectivity index (χ4v) is 3.26. The molecule has 0 spiro atoms. The molecule has 1 aliphatic rings. The van der Waals surface area contributed by atoms with Crippen LogP contribution in [0.1, 0.15) is 53.9 Å². The van der Waals surface area contributed by atoms with Gasteiger partial charge in [-0.1, -0.05) is 27.7 Å². The van der Waals surface area contributed by atoms with Gasteiger partial charge in [-0.3, -0.25) is 0 Å². The molecule has 0 heterocycles. The maximum absolute atomic E-state index is 6.63. The molecule has 108 valence electrons. The maximum atomic E-state index is 6.63. The highest BCUT2D eigenvalue weighted by molar-refractivity contribution is 5.14. The summed E-state index contributed by atoms with van der Waals surface area (Å²) in [5.41, 5.74) is 6.59. The second kappa shape index (κ2) is 5.89. The van der Waals surface area contributed by atoms with Crippen LogP contribution >= 0.6 is 0 Å². The average molecular weight is 256 g/mol. The first-order chi connectivity index (χ1) is 8.32. The van der Waals surface area contributed by atoms with Gasteiger partial charge < -0.3 is 15.4 Å². The molecule has 0 aromatic carbocycles. The minimum absolute atomic E-state index is 0.0727. The Labute approximate surface area is 113 Å². The molecule has 18 heavy (non-hydrogen) atoms. The van der Waals surface area contributed by atoms with E-state index in [4.69, 9.17) is 10.5 Å². The Balaban J connectivity index is 2.62. The molecule has 2 unspecified atom stereocenters. The molecule has 0 amide bonds. The molecule has 1 fully saturated rings. The lowest BCUT2D eigenvalue weighted by Crippen LogP contribution is -2.73. The van der Waals surface area contributed by atoms with E-state index in [0.717, 1.165) is 19.6 Å². The summed E-state index contributed by atoms with van der Waals surface area (Å²) in [5, 5.41) is 0. The van der Waals surface area contributed by atoms with E-state index in [0.29, 0.717) is 12.1 Å². The SMILES string of the molecule is CCOC1CC(N)(CN(C)C(CC)CC)C1(C)C. The quantitative estimate of drug-likeness (QED) is 0.761. The molecule has 2 atom stereocenters. The van der Waals surface area contributed by atoms with Gasteiger partial charge in [-0.05, 0) is 33.2 Å². The first-order valence-corrected chi connectivity index (χ1v) is 7.43. The molecule has 0 radical (unpaired) electrons. The summed E-state index contributed by atoms with van der Waals surface area (Å²) in [7, 11) is 2.20. The summed E-state index contributed by atoms with van der Waals surface area (Å²) >= 11 is 0. The highest BCUT2D eigenvalue weighted by Crippen LogP contribution is 2.50. The van der Waals surface area contributed by atoms with Crippen molar-refractivity contribution in [2.45, 2.75) is 71.6 Å². The monoisotopic (exact) mass is 256 g/mol. The summed E-state index contributed by atoms with van der Waals surface area (Å²) in [6, 6.07) is 0.646. The molecule has 2 N–H and O–H groups in total. The van der Waals surface area contributed by atoms with Crippen LogP contribution in [0.3, 0.4) is 0 Å². The predicted octanol–water partition coefficient (Wildman–Crippen LogP) is 2.64. The number of nitrogens with two attached hydrogens (primary N) is 1. The molecule has 3 nitrogen and oxygen atoms in total. The molecule has 1 rings (SSSR count). The standard InChI is InChI=1S/C15H32N2O/c1-7-12(8-2)17(6)11-15(16)10-13(18-9-3)14(15,4)5/h12-13H,7-11,16H2,1-6H3. The fraction of sp³-hybridized carbons (Fsp3) is 1.00.